The molecule has 5 rings (SSSR count). The summed E-state index contributed by atoms with van der Waals surface area (Å²) in [7, 11) is 0. The van der Waals surface area contributed by atoms with E-state index in [0.717, 1.165) is 22.4 Å². The summed E-state index contributed by atoms with van der Waals surface area (Å²) < 4.78 is 7.10. The molecule has 168 valence electrons. The van der Waals surface area contributed by atoms with Crippen LogP contribution < -0.4 is 10.1 Å². The van der Waals surface area contributed by atoms with Gasteiger partial charge < -0.3 is 10.1 Å². The Hall–Kier alpha value is -4.22. The molecule has 2 aromatic carbocycles. The maximum absolute atomic E-state index is 12.7. The maximum atomic E-state index is 12.7. The van der Waals surface area contributed by atoms with Crippen LogP contribution in [0.3, 0.4) is 0 Å². The highest BCUT2D eigenvalue weighted by Crippen LogP contribution is 2.40. The van der Waals surface area contributed by atoms with Crippen LogP contribution in [0.15, 0.2) is 54.7 Å². The van der Waals surface area contributed by atoms with E-state index in [-0.39, 0.29) is 30.8 Å². The van der Waals surface area contributed by atoms with E-state index in [0.29, 0.717) is 22.3 Å². The fraction of sp³-hybridized carbons (Fsp3) is 0.160. The third-order valence-electron chi connectivity index (χ3n) is 5.56. The summed E-state index contributed by atoms with van der Waals surface area (Å²) in [6.45, 7) is 2.07. The Kier molecular flexibility index (Phi) is 5.70. The number of hydrogen-bond donors (Lipinski definition) is 1. The molecule has 0 fully saturated rings. The molecule has 0 bridgehead atoms. The van der Waals surface area contributed by atoms with Crippen LogP contribution in [0.25, 0.3) is 17.2 Å². The molecule has 1 N–H and O–H groups in total. The Labute approximate surface area is 201 Å². The van der Waals surface area contributed by atoms with Crippen molar-refractivity contribution in [3.8, 4) is 35.3 Å². The molecule has 2 aromatic heterocycles. The Bertz CT molecular complexity index is 1420. The van der Waals surface area contributed by atoms with Gasteiger partial charge in [-0.05, 0) is 36.8 Å². The van der Waals surface area contributed by atoms with Crippen molar-refractivity contribution in [2.75, 3.05) is 11.9 Å². The Balaban J connectivity index is 1.56. The van der Waals surface area contributed by atoms with Gasteiger partial charge in [-0.2, -0.15) is 14.9 Å². The minimum Gasteiger partial charge on any atom is -0.481 e. The zero-order valence-corrected chi connectivity index (χ0v) is 19.0. The summed E-state index contributed by atoms with van der Waals surface area (Å²) in [5.41, 5.74) is 4.04. The lowest BCUT2D eigenvalue weighted by Crippen LogP contribution is -2.25. The van der Waals surface area contributed by atoms with Crippen LogP contribution in [0, 0.1) is 19.3 Å². The lowest BCUT2D eigenvalue weighted by molar-refractivity contribution is -0.116. The molecule has 1 aliphatic rings. The standard InChI is InChI=1S/C25H19ClN6O2/c1-3-11-34-19-6-4-5-17(12-19)20-13-22(33)29-24-23(20)15(2)31-32(24)25-28-21(14-27-30-25)16-7-9-18(26)10-8-16/h1,4-10,12,14,20H,11,13H2,2H3,(H,29,33)/t20-/m1/s1. The lowest BCUT2D eigenvalue weighted by Gasteiger charge is -2.24. The van der Waals surface area contributed by atoms with Gasteiger partial charge >= 0.3 is 0 Å². The van der Waals surface area contributed by atoms with Crippen LogP contribution in [0.4, 0.5) is 5.82 Å². The first-order valence-electron chi connectivity index (χ1n) is 10.5. The Morgan fingerprint density at radius 2 is 2.09 bits per heavy atom. The number of nitrogens with zero attached hydrogens (tertiary/aromatic N) is 5. The number of benzene rings is 2. The number of fused-ring (bicyclic) bond motifs is 1. The van der Waals surface area contributed by atoms with Crippen molar-refractivity contribution < 1.29 is 9.53 Å². The molecule has 0 spiro atoms. The van der Waals surface area contributed by atoms with E-state index in [1.807, 2.05) is 43.3 Å². The van der Waals surface area contributed by atoms with E-state index in [1.165, 1.54) is 4.68 Å². The van der Waals surface area contributed by atoms with E-state index in [1.54, 1.807) is 18.3 Å². The predicted molar refractivity (Wildman–Crippen MR) is 128 cm³/mol. The summed E-state index contributed by atoms with van der Waals surface area (Å²) in [6, 6.07) is 14.9. The molecule has 0 aliphatic carbocycles. The van der Waals surface area contributed by atoms with Gasteiger partial charge in [0.1, 0.15) is 18.2 Å². The maximum Gasteiger partial charge on any atom is 0.272 e. The summed E-state index contributed by atoms with van der Waals surface area (Å²) in [6.07, 6.45) is 7.16. The number of amides is 1. The second-order valence-corrected chi connectivity index (χ2v) is 8.21. The zero-order chi connectivity index (χ0) is 23.7. The Morgan fingerprint density at radius 1 is 1.26 bits per heavy atom. The summed E-state index contributed by atoms with van der Waals surface area (Å²) in [4.78, 5) is 17.3. The molecule has 1 amide bonds. The molecule has 8 nitrogen and oxygen atoms in total. The third-order valence-corrected chi connectivity index (χ3v) is 5.81. The van der Waals surface area contributed by atoms with Crippen molar-refractivity contribution in [3.63, 3.8) is 0 Å². The van der Waals surface area contributed by atoms with Gasteiger partial charge in [-0.1, -0.05) is 41.8 Å². The first-order chi connectivity index (χ1) is 16.5. The molecule has 0 radical (unpaired) electrons. The van der Waals surface area contributed by atoms with Crippen LogP contribution >= 0.6 is 11.6 Å². The summed E-state index contributed by atoms with van der Waals surface area (Å²) in [5, 5.41) is 16.5. The molecular formula is C25H19ClN6O2. The third kappa shape index (κ3) is 4.09. The molecule has 1 atom stereocenters. The Morgan fingerprint density at radius 3 is 2.88 bits per heavy atom. The number of terminal acetylenes is 1. The van der Waals surface area contributed by atoms with Crippen molar-refractivity contribution in [3.05, 3.63) is 76.6 Å². The van der Waals surface area contributed by atoms with Crippen LogP contribution in [0.1, 0.15) is 29.2 Å². The van der Waals surface area contributed by atoms with E-state index >= 15 is 0 Å². The van der Waals surface area contributed by atoms with E-state index in [9.17, 15) is 4.79 Å². The SMILES string of the molecule is C#CCOc1cccc([C@H]2CC(=O)Nc3c2c(C)nn3-c2nncc(-c3ccc(Cl)cc3)n2)c1. The van der Waals surface area contributed by atoms with Crippen LogP contribution in [0.2, 0.25) is 5.02 Å². The average molecular weight is 471 g/mol. The summed E-state index contributed by atoms with van der Waals surface area (Å²) >= 11 is 6.00. The highest BCUT2D eigenvalue weighted by Gasteiger charge is 2.33. The van der Waals surface area contributed by atoms with Gasteiger partial charge in [0, 0.05) is 28.5 Å². The monoisotopic (exact) mass is 470 g/mol. The van der Waals surface area contributed by atoms with Crippen LogP contribution in [0.5, 0.6) is 5.75 Å². The van der Waals surface area contributed by atoms with Crippen molar-refractivity contribution in [1.82, 2.24) is 25.0 Å². The quantitative estimate of drug-likeness (QED) is 0.440. The topological polar surface area (TPSA) is 94.8 Å². The highest BCUT2D eigenvalue weighted by molar-refractivity contribution is 6.30. The number of carbonyl (C=O) groups excluding carboxylic acids is 1. The van der Waals surface area contributed by atoms with Gasteiger partial charge in [0.2, 0.25) is 5.91 Å². The van der Waals surface area contributed by atoms with Crippen molar-refractivity contribution >= 4 is 23.3 Å². The number of aromatic nitrogens is 5. The first-order valence-corrected chi connectivity index (χ1v) is 10.9. The van der Waals surface area contributed by atoms with Crippen molar-refractivity contribution in [2.45, 2.75) is 19.3 Å². The largest absolute Gasteiger partial charge is 0.481 e. The van der Waals surface area contributed by atoms with Crippen LogP contribution in [-0.4, -0.2) is 37.5 Å². The van der Waals surface area contributed by atoms with Crippen molar-refractivity contribution in [1.29, 1.82) is 0 Å². The number of anilines is 1. The molecule has 9 heteroatoms. The molecule has 4 aromatic rings. The number of ether oxygens (including phenoxy) is 1. The molecule has 34 heavy (non-hydrogen) atoms. The predicted octanol–water partition coefficient (Wildman–Crippen LogP) is 4.17. The van der Waals surface area contributed by atoms with Crippen molar-refractivity contribution in [2.24, 2.45) is 0 Å². The molecule has 1 aliphatic heterocycles. The van der Waals surface area contributed by atoms with Gasteiger partial charge in [0.15, 0.2) is 0 Å². The number of hydrogen-bond acceptors (Lipinski definition) is 6. The number of halogens is 1. The second-order valence-electron chi connectivity index (χ2n) is 7.78. The number of rotatable bonds is 5. The van der Waals surface area contributed by atoms with Gasteiger partial charge in [-0.15, -0.1) is 11.5 Å². The van der Waals surface area contributed by atoms with Gasteiger partial charge in [0.05, 0.1) is 17.6 Å². The highest BCUT2D eigenvalue weighted by atomic mass is 35.5. The summed E-state index contributed by atoms with van der Waals surface area (Å²) in [5.74, 6) is 3.56. The van der Waals surface area contributed by atoms with E-state index < -0.39 is 0 Å². The molecular weight excluding hydrogens is 452 g/mol. The average Bonchev–Trinajstić information content (AvgIpc) is 3.19. The second kappa shape index (κ2) is 8.96. The zero-order valence-electron chi connectivity index (χ0n) is 18.2. The smallest absolute Gasteiger partial charge is 0.272 e. The molecule has 0 unspecified atom stereocenters. The normalized spacial score (nSPS) is 14.7. The van der Waals surface area contributed by atoms with E-state index in [4.69, 9.17) is 22.8 Å². The molecule has 0 saturated heterocycles. The van der Waals surface area contributed by atoms with E-state index in [2.05, 4.69) is 31.5 Å². The fourth-order valence-electron chi connectivity index (χ4n) is 4.07. The number of carbonyl (C=O) groups is 1. The van der Waals surface area contributed by atoms with Gasteiger partial charge in [-0.25, -0.2) is 4.98 Å². The van der Waals surface area contributed by atoms with Gasteiger partial charge in [0.25, 0.3) is 5.95 Å². The minimum absolute atomic E-state index is 0.129. The fourth-order valence-corrected chi connectivity index (χ4v) is 4.19. The number of aryl methyl sites for hydroxylation is 1. The molecule has 0 saturated carbocycles. The molecule has 3 heterocycles. The first kappa shape index (κ1) is 21.6. The van der Waals surface area contributed by atoms with Gasteiger partial charge in [-0.3, -0.25) is 4.79 Å². The lowest BCUT2D eigenvalue weighted by atomic mass is 9.86. The van der Waals surface area contributed by atoms with Crippen LogP contribution in [-0.2, 0) is 4.79 Å². The number of nitrogens with one attached hydrogen (secondary N) is 1. The minimum atomic E-state index is -0.209.